The van der Waals surface area contributed by atoms with Gasteiger partial charge in [0, 0.05) is 11.6 Å². The molecule has 0 bridgehead atoms. The van der Waals surface area contributed by atoms with Crippen LogP contribution in [0, 0.1) is 0 Å². The molecule has 3 heteroatoms. The largest absolute Gasteiger partial charge is 0.299 e. The first kappa shape index (κ1) is 10.9. The van der Waals surface area contributed by atoms with Gasteiger partial charge in [-0.1, -0.05) is 26.8 Å². The molecule has 15 heavy (non-hydrogen) atoms. The molecule has 1 saturated carbocycles. The molecule has 0 atom stereocenters. The van der Waals surface area contributed by atoms with Gasteiger partial charge in [-0.25, -0.2) is 0 Å². The Balaban J connectivity index is 2.60. The van der Waals surface area contributed by atoms with Gasteiger partial charge in [0.05, 0.1) is 4.60 Å². The Kier molecular flexibility index (Phi) is 2.53. The lowest BCUT2D eigenvalue weighted by atomic mass is 9.88. The normalized spacial score (nSPS) is 16.8. The molecular formula is C12H16BrNO. The van der Waals surface area contributed by atoms with Crippen molar-refractivity contribution >= 4 is 15.9 Å². The highest BCUT2D eigenvalue weighted by atomic mass is 79.9. The number of halogens is 1. The number of rotatable bonds is 1. The molecule has 1 aliphatic rings. The van der Waals surface area contributed by atoms with E-state index in [1.807, 2.05) is 16.7 Å². The second kappa shape index (κ2) is 3.48. The lowest BCUT2D eigenvalue weighted by molar-refractivity contribution is 0.561. The summed E-state index contributed by atoms with van der Waals surface area (Å²) in [4.78, 5) is 12.3. The van der Waals surface area contributed by atoms with E-state index in [0.29, 0.717) is 6.04 Å². The van der Waals surface area contributed by atoms with Crippen LogP contribution in [0.15, 0.2) is 21.5 Å². The molecule has 1 aliphatic carbocycles. The fraction of sp³-hybridized carbons (Fsp3) is 0.583. The van der Waals surface area contributed by atoms with E-state index in [-0.39, 0.29) is 11.0 Å². The Hall–Kier alpha value is -0.570. The van der Waals surface area contributed by atoms with Crippen LogP contribution in [0.3, 0.4) is 0 Å². The predicted molar refractivity (Wildman–Crippen MR) is 65.4 cm³/mol. The maximum atomic E-state index is 12.3. The summed E-state index contributed by atoms with van der Waals surface area (Å²) in [5, 5.41) is 0. The molecule has 0 spiro atoms. The van der Waals surface area contributed by atoms with Crippen LogP contribution in [0.25, 0.3) is 0 Å². The summed E-state index contributed by atoms with van der Waals surface area (Å²) in [6, 6.07) is 4.35. The third-order valence-electron chi connectivity index (χ3n) is 2.79. The lowest BCUT2D eigenvalue weighted by Gasteiger charge is -2.20. The van der Waals surface area contributed by atoms with E-state index in [4.69, 9.17) is 0 Å². The maximum absolute atomic E-state index is 12.3. The molecule has 0 unspecified atom stereocenters. The predicted octanol–water partition coefficient (Wildman–Crippen LogP) is 3.24. The van der Waals surface area contributed by atoms with E-state index >= 15 is 0 Å². The van der Waals surface area contributed by atoms with E-state index in [1.165, 1.54) is 0 Å². The molecule has 0 aliphatic heterocycles. The first-order chi connectivity index (χ1) is 6.91. The van der Waals surface area contributed by atoms with Crippen LogP contribution in [0.1, 0.15) is 45.2 Å². The Labute approximate surface area is 98.4 Å². The van der Waals surface area contributed by atoms with E-state index in [9.17, 15) is 4.79 Å². The first-order valence-corrected chi connectivity index (χ1v) is 6.12. The van der Waals surface area contributed by atoms with Gasteiger partial charge in [0.1, 0.15) is 0 Å². The minimum Gasteiger partial charge on any atom is -0.299 e. The van der Waals surface area contributed by atoms with Crippen molar-refractivity contribution in [3.63, 3.8) is 0 Å². The zero-order valence-electron chi connectivity index (χ0n) is 9.38. The van der Waals surface area contributed by atoms with Crippen LogP contribution in [0.5, 0.6) is 0 Å². The molecule has 1 heterocycles. The maximum Gasteiger partial charge on any atom is 0.255 e. The number of hydrogen-bond acceptors (Lipinski definition) is 1. The van der Waals surface area contributed by atoms with Gasteiger partial charge in [-0.15, -0.1) is 0 Å². The van der Waals surface area contributed by atoms with Crippen LogP contribution < -0.4 is 5.56 Å². The van der Waals surface area contributed by atoms with Crippen LogP contribution >= 0.6 is 15.9 Å². The van der Waals surface area contributed by atoms with Crippen molar-refractivity contribution in [2.75, 3.05) is 0 Å². The Morgan fingerprint density at radius 3 is 2.40 bits per heavy atom. The molecule has 2 nitrogen and oxygen atoms in total. The second-order valence-electron chi connectivity index (χ2n) is 5.23. The van der Waals surface area contributed by atoms with Crippen molar-refractivity contribution in [2.24, 2.45) is 0 Å². The third kappa shape index (κ3) is 2.03. The zero-order valence-corrected chi connectivity index (χ0v) is 11.0. The fourth-order valence-electron chi connectivity index (χ4n) is 1.77. The monoisotopic (exact) mass is 269 g/mol. The molecule has 0 N–H and O–H groups in total. The SMILES string of the molecule is CC(C)(C)c1ccc(Br)n(C2CC2)c1=O. The lowest BCUT2D eigenvalue weighted by Crippen LogP contribution is -2.30. The first-order valence-electron chi connectivity index (χ1n) is 5.33. The van der Waals surface area contributed by atoms with E-state index < -0.39 is 0 Å². The van der Waals surface area contributed by atoms with Gasteiger partial charge in [0.15, 0.2) is 0 Å². The highest BCUT2D eigenvalue weighted by Gasteiger charge is 2.29. The summed E-state index contributed by atoms with van der Waals surface area (Å²) in [6.45, 7) is 6.23. The molecule has 0 amide bonds. The van der Waals surface area contributed by atoms with Crippen LogP contribution in [-0.2, 0) is 5.41 Å². The smallest absolute Gasteiger partial charge is 0.255 e. The quantitative estimate of drug-likeness (QED) is 0.718. The Bertz CT molecular complexity index is 438. The summed E-state index contributed by atoms with van der Waals surface area (Å²) in [6.07, 6.45) is 2.26. The van der Waals surface area contributed by atoms with Crippen LogP contribution in [-0.4, -0.2) is 4.57 Å². The summed E-state index contributed by atoms with van der Waals surface area (Å²) in [7, 11) is 0. The average Bonchev–Trinajstić information content (AvgIpc) is 2.85. The second-order valence-corrected chi connectivity index (χ2v) is 6.04. The summed E-state index contributed by atoms with van der Waals surface area (Å²) >= 11 is 3.45. The standard InChI is InChI=1S/C12H16BrNO/c1-12(2,3)9-6-7-10(13)14(11(9)15)8-4-5-8/h6-8H,4-5H2,1-3H3. The van der Waals surface area contributed by atoms with Gasteiger partial charge in [-0.05, 0) is 40.3 Å². The Morgan fingerprint density at radius 1 is 1.33 bits per heavy atom. The van der Waals surface area contributed by atoms with Gasteiger partial charge in [0.2, 0.25) is 0 Å². The summed E-state index contributed by atoms with van der Waals surface area (Å²) < 4.78 is 2.80. The topological polar surface area (TPSA) is 22.0 Å². The van der Waals surface area contributed by atoms with Crippen molar-refractivity contribution in [1.82, 2.24) is 4.57 Å². The minimum absolute atomic E-state index is 0.0750. The van der Waals surface area contributed by atoms with Crippen molar-refractivity contribution in [2.45, 2.75) is 45.1 Å². The number of aromatic nitrogens is 1. The van der Waals surface area contributed by atoms with Gasteiger partial charge in [0.25, 0.3) is 5.56 Å². The molecule has 0 saturated heterocycles. The molecule has 1 fully saturated rings. The van der Waals surface area contributed by atoms with E-state index in [2.05, 4.69) is 36.7 Å². The zero-order chi connectivity index (χ0) is 11.2. The van der Waals surface area contributed by atoms with E-state index in [0.717, 1.165) is 23.0 Å². The van der Waals surface area contributed by atoms with Gasteiger partial charge in [-0.3, -0.25) is 9.36 Å². The molecule has 2 rings (SSSR count). The summed E-state index contributed by atoms with van der Waals surface area (Å²) in [5.41, 5.74) is 0.992. The highest BCUT2D eigenvalue weighted by molar-refractivity contribution is 9.10. The van der Waals surface area contributed by atoms with Crippen molar-refractivity contribution in [1.29, 1.82) is 0 Å². The molecular weight excluding hydrogens is 254 g/mol. The number of nitrogens with zero attached hydrogens (tertiary/aromatic N) is 1. The molecule has 1 aromatic rings. The minimum atomic E-state index is -0.0750. The van der Waals surface area contributed by atoms with Gasteiger partial charge in [-0.2, -0.15) is 0 Å². The fourth-order valence-corrected chi connectivity index (χ4v) is 2.36. The third-order valence-corrected chi connectivity index (χ3v) is 3.43. The highest BCUT2D eigenvalue weighted by Crippen LogP contribution is 2.36. The van der Waals surface area contributed by atoms with Crippen molar-refractivity contribution in [3.8, 4) is 0 Å². The van der Waals surface area contributed by atoms with E-state index in [1.54, 1.807) is 0 Å². The van der Waals surface area contributed by atoms with Crippen molar-refractivity contribution < 1.29 is 0 Å². The molecule has 82 valence electrons. The Morgan fingerprint density at radius 2 is 1.93 bits per heavy atom. The number of pyridine rings is 1. The average molecular weight is 270 g/mol. The molecule has 1 aromatic heterocycles. The van der Waals surface area contributed by atoms with Crippen LogP contribution in [0.2, 0.25) is 0 Å². The van der Waals surface area contributed by atoms with Crippen molar-refractivity contribution in [3.05, 3.63) is 32.7 Å². The number of hydrogen-bond donors (Lipinski definition) is 0. The molecule has 0 aromatic carbocycles. The van der Waals surface area contributed by atoms with Gasteiger partial charge < -0.3 is 0 Å². The molecule has 0 radical (unpaired) electrons. The van der Waals surface area contributed by atoms with Crippen LogP contribution in [0.4, 0.5) is 0 Å². The van der Waals surface area contributed by atoms with Gasteiger partial charge >= 0.3 is 0 Å². The summed E-state index contributed by atoms with van der Waals surface area (Å²) in [5.74, 6) is 0.